The van der Waals surface area contributed by atoms with Gasteiger partial charge in [0.25, 0.3) is 0 Å². The highest BCUT2D eigenvalue weighted by atomic mass is 19.2. The van der Waals surface area contributed by atoms with Crippen molar-refractivity contribution in [2.75, 3.05) is 10.7 Å². The number of nitrogen functional groups attached to an aromatic ring is 1. The van der Waals surface area contributed by atoms with Crippen LogP contribution in [-0.4, -0.2) is 4.98 Å². The van der Waals surface area contributed by atoms with Crippen LogP contribution in [-0.2, 0) is 0 Å². The Labute approximate surface area is 96.4 Å². The lowest BCUT2D eigenvalue weighted by atomic mass is 10.3. The Morgan fingerprint density at radius 1 is 1.00 bits per heavy atom. The third-order valence-corrected chi connectivity index (χ3v) is 2.09. The zero-order valence-corrected chi connectivity index (χ0v) is 8.74. The molecule has 0 aliphatic heterocycles. The van der Waals surface area contributed by atoms with E-state index >= 15 is 0 Å². The summed E-state index contributed by atoms with van der Waals surface area (Å²) >= 11 is 0. The van der Waals surface area contributed by atoms with Crippen molar-refractivity contribution in [3.8, 4) is 0 Å². The zero-order valence-electron chi connectivity index (χ0n) is 8.74. The van der Waals surface area contributed by atoms with Gasteiger partial charge in [0.05, 0.1) is 0 Å². The first-order valence-electron chi connectivity index (χ1n) is 4.85. The number of hydrazine groups is 1. The fourth-order valence-corrected chi connectivity index (χ4v) is 1.31. The van der Waals surface area contributed by atoms with Crippen LogP contribution in [0.5, 0.6) is 0 Å². The van der Waals surface area contributed by atoms with Gasteiger partial charge in [0.1, 0.15) is 11.6 Å². The van der Waals surface area contributed by atoms with Gasteiger partial charge in [-0.3, -0.25) is 0 Å². The summed E-state index contributed by atoms with van der Waals surface area (Å²) in [6.45, 7) is 0. The molecule has 88 valence electrons. The summed E-state index contributed by atoms with van der Waals surface area (Å²) in [6, 6.07) is 8.60. The van der Waals surface area contributed by atoms with Crippen LogP contribution >= 0.6 is 0 Å². The molecule has 0 aliphatic carbocycles. The number of pyridine rings is 1. The van der Waals surface area contributed by atoms with Crippen molar-refractivity contribution in [3.05, 3.63) is 48.0 Å². The Bertz CT molecular complexity index is 531. The minimum Gasteiger partial charge on any atom is -0.340 e. The Morgan fingerprint density at radius 3 is 2.47 bits per heavy atom. The Balaban J connectivity index is 2.22. The van der Waals surface area contributed by atoms with Gasteiger partial charge in [-0.05, 0) is 24.3 Å². The standard InChI is InChI=1S/C11H10F2N4/c12-8-5-4-7(6-9(8)13)15-10-2-1-3-11(16-10)17-14/h1-6H,14H2,(H2,15,16,17). The van der Waals surface area contributed by atoms with Crippen LogP contribution in [0.15, 0.2) is 36.4 Å². The van der Waals surface area contributed by atoms with Crippen LogP contribution in [0.4, 0.5) is 26.1 Å². The molecule has 0 unspecified atom stereocenters. The van der Waals surface area contributed by atoms with Crippen molar-refractivity contribution in [1.29, 1.82) is 0 Å². The molecule has 0 radical (unpaired) electrons. The molecule has 2 aromatic rings. The van der Waals surface area contributed by atoms with E-state index in [9.17, 15) is 8.78 Å². The molecule has 6 heteroatoms. The van der Waals surface area contributed by atoms with E-state index < -0.39 is 11.6 Å². The molecule has 0 aliphatic rings. The molecule has 1 heterocycles. The number of nitrogens with two attached hydrogens (primary N) is 1. The third kappa shape index (κ3) is 2.67. The highest BCUT2D eigenvalue weighted by Crippen LogP contribution is 2.18. The Hall–Kier alpha value is -2.21. The minimum absolute atomic E-state index is 0.408. The van der Waals surface area contributed by atoms with Crippen LogP contribution < -0.4 is 16.6 Å². The first kappa shape index (κ1) is 11.3. The molecule has 4 nitrogen and oxygen atoms in total. The summed E-state index contributed by atoms with van der Waals surface area (Å²) in [5.41, 5.74) is 2.80. The van der Waals surface area contributed by atoms with Gasteiger partial charge in [0, 0.05) is 11.8 Å². The summed E-state index contributed by atoms with van der Waals surface area (Å²) in [5.74, 6) is 4.35. The van der Waals surface area contributed by atoms with Gasteiger partial charge >= 0.3 is 0 Å². The number of anilines is 3. The van der Waals surface area contributed by atoms with Crippen LogP contribution in [0.25, 0.3) is 0 Å². The molecule has 1 aromatic carbocycles. The van der Waals surface area contributed by atoms with Crippen molar-refractivity contribution < 1.29 is 8.78 Å². The van der Waals surface area contributed by atoms with E-state index in [0.717, 1.165) is 12.1 Å². The van der Waals surface area contributed by atoms with Crippen molar-refractivity contribution in [3.63, 3.8) is 0 Å². The van der Waals surface area contributed by atoms with Crippen LogP contribution in [0, 0.1) is 11.6 Å². The van der Waals surface area contributed by atoms with Crippen molar-refractivity contribution in [2.24, 2.45) is 5.84 Å². The molecule has 0 saturated carbocycles. The second-order valence-corrected chi connectivity index (χ2v) is 3.31. The van der Waals surface area contributed by atoms with Gasteiger partial charge < -0.3 is 10.7 Å². The SMILES string of the molecule is NNc1cccc(Nc2ccc(F)c(F)c2)n1. The molecule has 0 spiro atoms. The largest absolute Gasteiger partial charge is 0.340 e. The Morgan fingerprint density at radius 2 is 1.76 bits per heavy atom. The molecule has 0 fully saturated rings. The predicted molar refractivity (Wildman–Crippen MR) is 61.7 cm³/mol. The number of hydrogen-bond acceptors (Lipinski definition) is 4. The van der Waals surface area contributed by atoms with Gasteiger partial charge in [0.2, 0.25) is 0 Å². The number of benzene rings is 1. The van der Waals surface area contributed by atoms with Gasteiger partial charge in [-0.25, -0.2) is 19.6 Å². The topological polar surface area (TPSA) is 63.0 Å². The van der Waals surface area contributed by atoms with E-state index in [2.05, 4.69) is 15.7 Å². The maximum atomic E-state index is 13.0. The number of aromatic nitrogens is 1. The van der Waals surface area contributed by atoms with E-state index in [1.807, 2.05) is 0 Å². The third-order valence-electron chi connectivity index (χ3n) is 2.09. The normalized spacial score (nSPS) is 10.1. The minimum atomic E-state index is -0.914. The summed E-state index contributed by atoms with van der Waals surface area (Å²) in [5, 5.41) is 2.83. The fourth-order valence-electron chi connectivity index (χ4n) is 1.31. The summed E-state index contributed by atoms with van der Waals surface area (Å²) in [4.78, 5) is 4.08. The molecule has 0 bridgehead atoms. The second-order valence-electron chi connectivity index (χ2n) is 3.31. The van der Waals surface area contributed by atoms with Crippen molar-refractivity contribution >= 4 is 17.3 Å². The number of hydrogen-bond donors (Lipinski definition) is 3. The summed E-state index contributed by atoms with van der Waals surface area (Å²) in [6.07, 6.45) is 0. The quantitative estimate of drug-likeness (QED) is 0.565. The molecule has 1 aromatic heterocycles. The van der Waals surface area contributed by atoms with Crippen molar-refractivity contribution in [2.45, 2.75) is 0 Å². The summed E-state index contributed by atoms with van der Waals surface area (Å²) < 4.78 is 25.7. The average molecular weight is 236 g/mol. The van der Waals surface area contributed by atoms with Gasteiger partial charge in [-0.2, -0.15) is 0 Å². The maximum Gasteiger partial charge on any atom is 0.160 e. The van der Waals surface area contributed by atoms with E-state index in [-0.39, 0.29) is 0 Å². The van der Waals surface area contributed by atoms with E-state index in [1.165, 1.54) is 6.07 Å². The first-order chi connectivity index (χ1) is 8.19. The fraction of sp³-hybridized carbons (Fsp3) is 0. The van der Waals surface area contributed by atoms with E-state index in [4.69, 9.17) is 5.84 Å². The van der Waals surface area contributed by atoms with Gasteiger partial charge in [-0.15, -0.1) is 0 Å². The number of nitrogens with zero attached hydrogens (tertiary/aromatic N) is 1. The van der Waals surface area contributed by atoms with E-state index in [0.29, 0.717) is 17.3 Å². The highest BCUT2D eigenvalue weighted by Gasteiger charge is 2.03. The molecular weight excluding hydrogens is 226 g/mol. The molecule has 2 rings (SSSR count). The van der Waals surface area contributed by atoms with E-state index in [1.54, 1.807) is 18.2 Å². The predicted octanol–water partition coefficient (Wildman–Crippen LogP) is 2.39. The van der Waals surface area contributed by atoms with Crippen LogP contribution in [0.1, 0.15) is 0 Å². The van der Waals surface area contributed by atoms with Crippen molar-refractivity contribution in [1.82, 2.24) is 4.98 Å². The van der Waals surface area contributed by atoms with Crippen LogP contribution in [0.3, 0.4) is 0 Å². The second kappa shape index (κ2) is 4.75. The first-order valence-corrected chi connectivity index (χ1v) is 4.85. The lowest BCUT2D eigenvalue weighted by molar-refractivity contribution is 0.509. The lowest BCUT2D eigenvalue weighted by Gasteiger charge is -2.07. The zero-order chi connectivity index (χ0) is 12.3. The molecule has 17 heavy (non-hydrogen) atoms. The molecular formula is C11H10F2N4. The molecule has 4 N–H and O–H groups in total. The molecule has 0 saturated heterocycles. The monoisotopic (exact) mass is 236 g/mol. The number of halogens is 2. The highest BCUT2D eigenvalue weighted by molar-refractivity contribution is 5.57. The molecule has 0 amide bonds. The lowest BCUT2D eigenvalue weighted by Crippen LogP contribution is -2.08. The Kier molecular flexibility index (Phi) is 3.15. The van der Waals surface area contributed by atoms with Crippen LogP contribution in [0.2, 0.25) is 0 Å². The smallest absolute Gasteiger partial charge is 0.160 e. The number of nitrogens with one attached hydrogen (secondary N) is 2. The summed E-state index contributed by atoms with van der Waals surface area (Å²) in [7, 11) is 0. The average Bonchev–Trinajstić information content (AvgIpc) is 2.34. The van der Waals surface area contributed by atoms with Gasteiger partial charge in [0.15, 0.2) is 11.6 Å². The number of rotatable bonds is 3. The maximum absolute atomic E-state index is 13.0. The van der Waals surface area contributed by atoms with Gasteiger partial charge in [-0.1, -0.05) is 6.07 Å². The molecule has 0 atom stereocenters.